The van der Waals surface area contributed by atoms with Gasteiger partial charge in [-0.1, -0.05) is 0 Å². The number of rotatable bonds is 3. The fourth-order valence-corrected chi connectivity index (χ4v) is 4.28. The summed E-state index contributed by atoms with van der Waals surface area (Å²) in [6.45, 7) is 1.31. The van der Waals surface area contributed by atoms with E-state index in [-0.39, 0.29) is 18.1 Å². The molecule has 1 aromatic carbocycles. The number of carbonyl (C=O) groups is 1. The molecule has 2 aliphatic heterocycles. The second kappa shape index (κ2) is 7.77. The highest BCUT2D eigenvalue weighted by atomic mass is 19.1. The lowest BCUT2D eigenvalue weighted by molar-refractivity contribution is 0.176. The van der Waals surface area contributed by atoms with Crippen LogP contribution in [0.1, 0.15) is 32.2 Å². The average Bonchev–Trinajstić information content (AvgIpc) is 3.51. The van der Waals surface area contributed by atoms with Crippen LogP contribution in [0, 0.1) is 11.6 Å². The number of carbonyl (C=O) groups excluding carboxylic acids is 1. The Bertz CT molecular complexity index is 1190. The van der Waals surface area contributed by atoms with Gasteiger partial charge in [-0.25, -0.2) is 23.1 Å². The molecular formula is C21H22F2N6O2. The number of aliphatic hydroxyl groups excluding tert-OH is 1. The number of nitrogens with one attached hydrogen (secondary N) is 1. The number of nitrogens with zero attached hydrogens (tertiary/aromatic N) is 5. The van der Waals surface area contributed by atoms with Crippen molar-refractivity contribution in [3.8, 4) is 0 Å². The van der Waals surface area contributed by atoms with Crippen molar-refractivity contribution in [3.05, 3.63) is 53.8 Å². The standard InChI is InChI=1S/C21H22F2N6O2/c22-13-3-4-16(23)15(10-13)18-2-1-7-28(18)19-6-9-29-20(26-19)17(11-24-29)25-21(31)27-8-5-14(30)12-27/h3-4,6,9-11,14,18,30H,1-2,5,7-8,12H2,(H,25,31)/t14-,18+/m0/s1/i10D. The van der Waals surface area contributed by atoms with Gasteiger partial charge in [0.25, 0.3) is 0 Å². The number of halogens is 2. The summed E-state index contributed by atoms with van der Waals surface area (Å²) < 4.78 is 38.1. The minimum atomic E-state index is -0.760. The van der Waals surface area contributed by atoms with Crippen molar-refractivity contribution in [2.45, 2.75) is 31.4 Å². The number of anilines is 2. The third kappa shape index (κ3) is 3.67. The van der Waals surface area contributed by atoms with Crippen molar-refractivity contribution in [1.82, 2.24) is 19.5 Å². The van der Waals surface area contributed by atoms with Crippen LogP contribution in [-0.2, 0) is 0 Å². The molecule has 0 saturated carbocycles. The second-order valence-corrected chi connectivity index (χ2v) is 7.85. The van der Waals surface area contributed by atoms with Gasteiger partial charge < -0.3 is 20.2 Å². The van der Waals surface area contributed by atoms with E-state index in [0.717, 1.165) is 18.6 Å². The van der Waals surface area contributed by atoms with Crippen molar-refractivity contribution in [1.29, 1.82) is 0 Å². The van der Waals surface area contributed by atoms with Crippen LogP contribution >= 0.6 is 0 Å². The molecule has 2 aromatic heterocycles. The van der Waals surface area contributed by atoms with Gasteiger partial charge >= 0.3 is 6.03 Å². The molecule has 2 amide bonds. The smallest absolute Gasteiger partial charge is 0.322 e. The Morgan fingerprint density at radius 2 is 2.13 bits per heavy atom. The maximum Gasteiger partial charge on any atom is 0.322 e. The summed E-state index contributed by atoms with van der Waals surface area (Å²) in [5, 5.41) is 16.7. The van der Waals surface area contributed by atoms with Crippen molar-refractivity contribution in [3.63, 3.8) is 0 Å². The van der Waals surface area contributed by atoms with Crippen molar-refractivity contribution < 1.29 is 20.1 Å². The Balaban J connectivity index is 1.45. The van der Waals surface area contributed by atoms with Crippen LogP contribution in [0.2, 0.25) is 0 Å². The zero-order chi connectivity index (χ0) is 22.4. The molecule has 31 heavy (non-hydrogen) atoms. The number of urea groups is 1. The lowest BCUT2D eigenvalue weighted by Gasteiger charge is -2.26. The van der Waals surface area contributed by atoms with Crippen LogP contribution in [0.5, 0.6) is 0 Å². The number of amides is 2. The van der Waals surface area contributed by atoms with Crippen LogP contribution in [0.25, 0.3) is 5.65 Å². The number of β-amino-alcohol motifs (C(OH)–C–C–N with tert-alkyl or cyclic N) is 1. The quantitative estimate of drug-likeness (QED) is 0.669. The average molecular weight is 429 g/mol. The predicted molar refractivity (Wildman–Crippen MR) is 110 cm³/mol. The van der Waals surface area contributed by atoms with E-state index in [1.165, 1.54) is 15.6 Å². The van der Waals surface area contributed by atoms with Gasteiger partial charge in [-0.3, -0.25) is 0 Å². The van der Waals surface area contributed by atoms with Crippen LogP contribution in [0.15, 0.2) is 36.6 Å². The summed E-state index contributed by atoms with van der Waals surface area (Å²) in [6.07, 6.45) is 4.51. The zero-order valence-electron chi connectivity index (χ0n) is 17.6. The molecule has 162 valence electrons. The van der Waals surface area contributed by atoms with E-state index in [1.807, 2.05) is 4.90 Å². The maximum atomic E-state index is 14.5. The van der Waals surface area contributed by atoms with E-state index < -0.39 is 29.8 Å². The Morgan fingerprint density at radius 3 is 2.94 bits per heavy atom. The summed E-state index contributed by atoms with van der Waals surface area (Å²) in [5.41, 5.74) is 0.845. The molecule has 0 spiro atoms. The van der Waals surface area contributed by atoms with E-state index in [9.17, 15) is 18.7 Å². The van der Waals surface area contributed by atoms with E-state index in [1.54, 1.807) is 12.3 Å². The molecule has 0 unspecified atom stereocenters. The predicted octanol–water partition coefficient (Wildman–Crippen LogP) is 2.95. The molecule has 10 heteroatoms. The molecule has 2 fully saturated rings. The van der Waals surface area contributed by atoms with Crippen LogP contribution in [0.4, 0.5) is 25.1 Å². The van der Waals surface area contributed by atoms with E-state index in [2.05, 4.69) is 15.4 Å². The molecular weight excluding hydrogens is 406 g/mol. The fourth-order valence-electron chi connectivity index (χ4n) is 4.28. The molecule has 0 aliphatic carbocycles. The molecule has 0 radical (unpaired) electrons. The molecule has 8 nitrogen and oxygen atoms in total. The van der Waals surface area contributed by atoms with Gasteiger partial charge in [-0.05, 0) is 43.5 Å². The third-order valence-corrected chi connectivity index (χ3v) is 5.81. The van der Waals surface area contributed by atoms with Gasteiger partial charge in [0.05, 0.1) is 19.7 Å². The number of hydrogen-bond donors (Lipinski definition) is 2. The molecule has 5 rings (SSSR count). The van der Waals surface area contributed by atoms with Crippen molar-refractivity contribution >= 4 is 23.2 Å². The van der Waals surface area contributed by atoms with Gasteiger partial charge in [-0.15, -0.1) is 0 Å². The number of fused-ring (bicyclic) bond motifs is 1. The summed E-state index contributed by atoms with van der Waals surface area (Å²) in [4.78, 5) is 20.5. The van der Waals surface area contributed by atoms with Crippen LogP contribution in [-0.4, -0.2) is 56.4 Å². The Labute approximate surface area is 178 Å². The summed E-state index contributed by atoms with van der Waals surface area (Å²) >= 11 is 0. The van der Waals surface area contributed by atoms with Gasteiger partial charge in [0.1, 0.15) is 23.1 Å². The first-order valence-corrected chi connectivity index (χ1v) is 10.2. The number of benzene rings is 1. The largest absolute Gasteiger partial charge is 0.391 e. The summed E-state index contributed by atoms with van der Waals surface area (Å²) in [6, 6.07) is 2.44. The first kappa shape index (κ1) is 18.5. The zero-order valence-corrected chi connectivity index (χ0v) is 16.6. The number of aromatic nitrogens is 3. The summed E-state index contributed by atoms with van der Waals surface area (Å²) in [5.74, 6) is -0.848. The highest BCUT2D eigenvalue weighted by molar-refractivity contribution is 5.93. The minimum Gasteiger partial charge on any atom is -0.391 e. The van der Waals surface area contributed by atoms with Gasteiger partial charge in [0, 0.05) is 31.4 Å². The Kier molecular flexibility index (Phi) is 4.63. The summed E-state index contributed by atoms with van der Waals surface area (Å²) in [7, 11) is 0. The van der Waals surface area contributed by atoms with E-state index >= 15 is 0 Å². The number of aliphatic hydroxyl groups is 1. The molecule has 2 N–H and O–H groups in total. The van der Waals surface area contributed by atoms with Gasteiger partial charge in [0.15, 0.2) is 5.65 Å². The minimum absolute atomic E-state index is 0.0267. The SMILES string of the molecule is [2H]c1c(F)ccc(F)c1[C@H]1CCCN1c1ccn2ncc(NC(=O)N3CC[C@H](O)C3)c2n1. The molecule has 2 saturated heterocycles. The first-order valence-electron chi connectivity index (χ1n) is 10.7. The molecule has 4 heterocycles. The maximum absolute atomic E-state index is 14.5. The topological polar surface area (TPSA) is 86.0 Å². The second-order valence-electron chi connectivity index (χ2n) is 7.85. The third-order valence-electron chi connectivity index (χ3n) is 5.81. The number of hydrogen-bond acceptors (Lipinski definition) is 5. The highest BCUT2D eigenvalue weighted by Crippen LogP contribution is 2.37. The van der Waals surface area contributed by atoms with Gasteiger partial charge in [-0.2, -0.15) is 5.10 Å². The molecule has 2 aliphatic rings. The normalized spacial score (nSPS) is 21.7. The molecule has 0 bridgehead atoms. The fraction of sp³-hybridized carbons (Fsp3) is 0.381. The lowest BCUT2D eigenvalue weighted by Crippen LogP contribution is -2.33. The molecule has 3 aromatic rings. The lowest BCUT2D eigenvalue weighted by atomic mass is 10.0. The van der Waals surface area contributed by atoms with E-state index in [0.29, 0.717) is 43.1 Å². The Morgan fingerprint density at radius 1 is 1.26 bits per heavy atom. The highest BCUT2D eigenvalue weighted by Gasteiger charge is 2.30. The van der Waals surface area contributed by atoms with Crippen molar-refractivity contribution in [2.75, 3.05) is 29.9 Å². The number of likely N-dealkylation sites (tertiary alicyclic amines) is 1. The van der Waals surface area contributed by atoms with Crippen molar-refractivity contribution in [2.24, 2.45) is 0 Å². The molecule has 2 atom stereocenters. The van der Waals surface area contributed by atoms with Gasteiger partial charge in [0.2, 0.25) is 0 Å². The van der Waals surface area contributed by atoms with E-state index in [4.69, 9.17) is 1.37 Å². The Hall–Kier alpha value is -3.27. The monoisotopic (exact) mass is 429 g/mol. The first-order chi connectivity index (χ1) is 15.4. The van der Waals surface area contributed by atoms with Crippen LogP contribution in [0.3, 0.4) is 0 Å². The van der Waals surface area contributed by atoms with Crippen LogP contribution < -0.4 is 10.2 Å².